The van der Waals surface area contributed by atoms with Crippen molar-refractivity contribution in [2.75, 3.05) is 32.1 Å². The number of ether oxygens (including phenoxy) is 1. The molecule has 8 heteroatoms. The summed E-state index contributed by atoms with van der Waals surface area (Å²) in [6, 6.07) is 13.6. The lowest BCUT2D eigenvalue weighted by Crippen LogP contribution is -2.55. The van der Waals surface area contributed by atoms with Gasteiger partial charge in [-0.05, 0) is 42.0 Å². The number of nitrogens with one attached hydrogen (secondary N) is 2. The highest BCUT2D eigenvalue weighted by atomic mass is 35.5. The summed E-state index contributed by atoms with van der Waals surface area (Å²) in [4.78, 5) is 26.6. The summed E-state index contributed by atoms with van der Waals surface area (Å²) in [6.45, 7) is 0.442. The normalized spacial score (nSPS) is 19.0. The molecule has 0 aliphatic carbocycles. The first-order valence-corrected chi connectivity index (χ1v) is 9.73. The lowest BCUT2D eigenvalue weighted by molar-refractivity contribution is -0.135. The second-order valence-electron chi connectivity index (χ2n) is 6.86. The van der Waals surface area contributed by atoms with Gasteiger partial charge in [0, 0.05) is 36.1 Å². The Labute approximate surface area is 174 Å². The summed E-state index contributed by atoms with van der Waals surface area (Å²) in [6.07, 6.45) is 0.248. The number of hydrogen-bond acceptors (Lipinski definition) is 4. The number of nitrogens with zero attached hydrogens (tertiary/aromatic N) is 1. The van der Waals surface area contributed by atoms with Crippen molar-refractivity contribution in [2.24, 2.45) is 0 Å². The number of halogens is 1. The number of anilines is 1. The van der Waals surface area contributed by atoms with Gasteiger partial charge in [0.05, 0.1) is 19.8 Å². The maximum atomic E-state index is 12.6. The zero-order valence-corrected chi connectivity index (χ0v) is 16.9. The number of methoxy groups -OCH3 is 1. The Balaban J connectivity index is 1.76. The van der Waals surface area contributed by atoms with Gasteiger partial charge in [0.15, 0.2) is 0 Å². The van der Waals surface area contributed by atoms with Gasteiger partial charge in [0.1, 0.15) is 5.75 Å². The third kappa shape index (κ3) is 5.40. The molecule has 29 heavy (non-hydrogen) atoms. The number of aliphatic hydroxyl groups excluding tert-OH is 1. The van der Waals surface area contributed by atoms with Crippen LogP contribution in [0.2, 0.25) is 5.02 Å². The standard InChI is InChI=1S/C21H24ClN3O4/c1-29-17-8-2-14(3-9-17)18-12-20(27)25(10-11-26)13-19(18)24-21(28)23-16-6-4-15(22)5-7-16/h2-9,18-19,26H,10-13H2,1H3,(H2,23,24,28)/t18?,19-/m1/s1. The highest BCUT2D eigenvalue weighted by Gasteiger charge is 2.35. The molecule has 1 unspecified atom stereocenters. The van der Waals surface area contributed by atoms with Gasteiger partial charge in [-0.25, -0.2) is 4.79 Å². The molecule has 2 atom stereocenters. The van der Waals surface area contributed by atoms with Crippen LogP contribution in [-0.4, -0.2) is 54.8 Å². The molecule has 3 amide bonds. The van der Waals surface area contributed by atoms with E-state index in [1.807, 2.05) is 24.3 Å². The van der Waals surface area contributed by atoms with Gasteiger partial charge in [0.2, 0.25) is 5.91 Å². The minimum absolute atomic E-state index is 0.0453. The number of urea groups is 1. The summed E-state index contributed by atoms with van der Waals surface area (Å²) >= 11 is 5.88. The van der Waals surface area contributed by atoms with Crippen molar-refractivity contribution in [2.45, 2.75) is 18.4 Å². The summed E-state index contributed by atoms with van der Waals surface area (Å²) in [5, 5.41) is 15.6. The van der Waals surface area contributed by atoms with E-state index in [1.54, 1.807) is 36.3 Å². The molecule has 1 fully saturated rings. The highest BCUT2D eigenvalue weighted by Crippen LogP contribution is 2.30. The molecule has 1 saturated heterocycles. The van der Waals surface area contributed by atoms with Gasteiger partial charge in [-0.3, -0.25) is 4.79 Å². The fourth-order valence-electron chi connectivity index (χ4n) is 3.48. The zero-order chi connectivity index (χ0) is 20.8. The number of carbonyl (C=O) groups excluding carboxylic acids is 2. The van der Waals surface area contributed by atoms with Crippen LogP contribution in [0.4, 0.5) is 10.5 Å². The Kier molecular flexibility index (Phi) is 6.95. The van der Waals surface area contributed by atoms with E-state index >= 15 is 0 Å². The first-order chi connectivity index (χ1) is 14.0. The number of aliphatic hydroxyl groups is 1. The maximum absolute atomic E-state index is 12.6. The molecule has 7 nitrogen and oxygen atoms in total. The summed E-state index contributed by atoms with van der Waals surface area (Å²) in [5.41, 5.74) is 1.56. The minimum atomic E-state index is -0.367. The van der Waals surface area contributed by atoms with Gasteiger partial charge < -0.3 is 25.4 Å². The number of carbonyl (C=O) groups is 2. The van der Waals surface area contributed by atoms with Crippen LogP contribution in [0.15, 0.2) is 48.5 Å². The zero-order valence-electron chi connectivity index (χ0n) is 16.1. The van der Waals surface area contributed by atoms with Gasteiger partial charge in [-0.1, -0.05) is 23.7 Å². The fraction of sp³-hybridized carbons (Fsp3) is 0.333. The molecule has 0 bridgehead atoms. The average Bonchev–Trinajstić information content (AvgIpc) is 2.72. The largest absolute Gasteiger partial charge is 0.497 e. The van der Waals surface area contributed by atoms with Crippen LogP contribution < -0.4 is 15.4 Å². The molecule has 154 valence electrons. The molecule has 1 aliphatic rings. The van der Waals surface area contributed by atoms with E-state index < -0.39 is 0 Å². The van der Waals surface area contributed by atoms with Crippen LogP contribution in [0.25, 0.3) is 0 Å². The van der Waals surface area contributed by atoms with E-state index in [9.17, 15) is 14.7 Å². The Bertz CT molecular complexity index is 842. The number of piperidine rings is 1. The Morgan fingerprint density at radius 1 is 1.21 bits per heavy atom. The molecule has 2 aromatic rings. The van der Waals surface area contributed by atoms with Crippen molar-refractivity contribution in [3.05, 3.63) is 59.1 Å². The van der Waals surface area contributed by atoms with Crippen LogP contribution in [-0.2, 0) is 4.79 Å². The molecule has 1 heterocycles. The monoisotopic (exact) mass is 417 g/mol. The third-order valence-corrected chi connectivity index (χ3v) is 5.23. The van der Waals surface area contributed by atoms with Crippen molar-refractivity contribution in [1.82, 2.24) is 10.2 Å². The molecule has 0 aromatic heterocycles. The quantitative estimate of drug-likeness (QED) is 0.674. The molecule has 3 N–H and O–H groups in total. The highest BCUT2D eigenvalue weighted by molar-refractivity contribution is 6.30. The van der Waals surface area contributed by atoms with Crippen molar-refractivity contribution >= 4 is 29.2 Å². The summed E-state index contributed by atoms with van der Waals surface area (Å²) in [7, 11) is 1.59. The van der Waals surface area contributed by atoms with Crippen molar-refractivity contribution in [3.8, 4) is 5.75 Å². The van der Waals surface area contributed by atoms with Crippen molar-refractivity contribution < 1.29 is 19.4 Å². The predicted octanol–water partition coefficient (Wildman–Crippen LogP) is 2.85. The number of benzene rings is 2. The van der Waals surface area contributed by atoms with Crippen molar-refractivity contribution in [3.63, 3.8) is 0 Å². The predicted molar refractivity (Wildman–Crippen MR) is 111 cm³/mol. The van der Waals surface area contributed by atoms with Crippen LogP contribution in [0.3, 0.4) is 0 Å². The summed E-state index contributed by atoms with van der Waals surface area (Å²) in [5.74, 6) is 0.498. The van der Waals surface area contributed by atoms with Crippen LogP contribution in [0, 0.1) is 0 Å². The number of rotatable bonds is 6. The first kappa shape index (κ1) is 21.0. The van der Waals surface area contributed by atoms with Crippen LogP contribution in [0.5, 0.6) is 5.75 Å². The van der Waals surface area contributed by atoms with Crippen LogP contribution in [0.1, 0.15) is 17.9 Å². The maximum Gasteiger partial charge on any atom is 0.319 e. The van der Waals surface area contributed by atoms with E-state index in [2.05, 4.69) is 10.6 Å². The SMILES string of the molecule is COc1ccc(C2CC(=O)N(CCO)C[C@H]2NC(=O)Nc2ccc(Cl)cc2)cc1. The summed E-state index contributed by atoms with van der Waals surface area (Å²) < 4.78 is 5.20. The van der Waals surface area contributed by atoms with Crippen LogP contribution >= 0.6 is 11.6 Å². The molecule has 0 radical (unpaired) electrons. The Morgan fingerprint density at radius 3 is 2.52 bits per heavy atom. The number of hydrogen-bond donors (Lipinski definition) is 3. The lowest BCUT2D eigenvalue weighted by atomic mass is 9.84. The van der Waals surface area contributed by atoms with E-state index in [0.29, 0.717) is 17.3 Å². The second-order valence-corrected chi connectivity index (χ2v) is 7.30. The second kappa shape index (κ2) is 9.62. The molecule has 2 aromatic carbocycles. The molecular formula is C21H24ClN3O4. The first-order valence-electron chi connectivity index (χ1n) is 9.36. The minimum Gasteiger partial charge on any atom is -0.497 e. The average molecular weight is 418 g/mol. The van der Waals surface area contributed by atoms with E-state index in [1.165, 1.54) is 0 Å². The molecular weight excluding hydrogens is 394 g/mol. The number of likely N-dealkylation sites (tertiary alicyclic amines) is 1. The van der Waals surface area contributed by atoms with E-state index in [-0.39, 0.29) is 43.5 Å². The smallest absolute Gasteiger partial charge is 0.319 e. The fourth-order valence-corrected chi connectivity index (χ4v) is 3.60. The number of amides is 3. The molecule has 1 aliphatic heterocycles. The Morgan fingerprint density at radius 2 is 1.90 bits per heavy atom. The van der Waals surface area contributed by atoms with Gasteiger partial charge in [-0.15, -0.1) is 0 Å². The van der Waals surface area contributed by atoms with Gasteiger partial charge in [0.25, 0.3) is 0 Å². The lowest BCUT2D eigenvalue weighted by Gasteiger charge is -2.38. The molecule has 3 rings (SSSR count). The topological polar surface area (TPSA) is 90.9 Å². The van der Waals surface area contributed by atoms with E-state index in [0.717, 1.165) is 11.3 Å². The third-order valence-electron chi connectivity index (χ3n) is 4.98. The van der Waals surface area contributed by atoms with Crippen molar-refractivity contribution in [1.29, 1.82) is 0 Å². The van der Waals surface area contributed by atoms with Gasteiger partial charge >= 0.3 is 6.03 Å². The molecule has 0 spiro atoms. The Hall–Kier alpha value is -2.77. The number of β-amino-alcohol motifs (C(OH)–C–C–N with tert-alkyl or cyclic N) is 1. The van der Waals surface area contributed by atoms with Gasteiger partial charge in [-0.2, -0.15) is 0 Å². The van der Waals surface area contributed by atoms with E-state index in [4.69, 9.17) is 16.3 Å². The molecule has 0 saturated carbocycles.